The second-order valence-corrected chi connectivity index (χ2v) is 18.9. The molecule has 4 rings (SSSR count). The van der Waals surface area contributed by atoms with Gasteiger partial charge in [0.25, 0.3) is 11.7 Å². The zero-order valence-corrected chi connectivity index (χ0v) is 36.7. The first-order valence-electron chi connectivity index (χ1n) is 19.9. The monoisotopic (exact) mass is 948 g/mol. The van der Waals surface area contributed by atoms with Crippen molar-refractivity contribution >= 4 is 39.4 Å². The van der Waals surface area contributed by atoms with Gasteiger partial charge in [-0.1, -0.05) is 68.4 Å². The van der Waals surface area contributed by atoms with Crippen molar-refractivity contribution in [3.8, 4) is 5.75 Å². The second kappa shape index (κ2) is 20.2. The van der Waals surface area contributed by atoms with Gasteiger partial charge in [0.1, 0.15) is 23.4 Å². The van der Waals surface area contributed by atoms with E-state index in [0.717, 1.165) is 12.1 Å². The van der Waals surface area contributed by atoms with Gasteiger partial charge in [-0.15, -0.1) is 0 Å². The minimum atomic E-state index is -5.44. The van der Waals surface area contributed by atoms with Crippen LogP contribution in [0.15, 0.2) is 72.8 Å². The summed E-state index contributed by atoms with van der Waals surface area (Å²) in [4.78, 5) is 67.2. The van der Waals surface area contributed by atoms with Crippen molar-refractivity contribution in [2.24, 2.45) is 5.92 Å². The molecular formula is C43H48F8N4O9S. The highest BCUT2D eigenvalue weighted by molar-refractivity contribution is 7.91. The lowest BCUT2D eigenvalue weighted by Gasteiger charge is -2.31. The number of ether oxygens (including phenoxy) is 2. The predicted octanol–water partition coefficient (Wildman–Crippen LogP) is 6.41. The number of carbonyl (C=O) groups excluding carboxylic acids is 5. The number of likely N-dealkylation sites (tertiary alicyclic amines) is 1. The van der Waals surface area contributed by atoms with Crippen LogP contribution >= 0.6 is 0 Å². The quantitative estimate of drug-likeness (QED) is 0.137. The van der Waals surface area contributed by atoms with Crippen LogP contribution in [0.4, 0.5) is 39.9 Å². The molecule has 1 aliphatic rings. The van der Waals surface area contributed by atoms with E-state index in [2.05, 4.69) is 5.32 Å². The number of hydrogen-bond acceptors (Lipinski definition) is 9. The Kier molecular flexibility index (Phi) is 16.1. The van der Waals surface area contributed by atoms with Crippen LogP contribution in [0, 0.1) is 5.92 Å². The molecule has 22 heteroatoms. The Bertz CT molecular complexity index is 2320. The number of benzene rings is 3. The molecule has 0 saturated carbocycles. The average molecular weight is 949 g/mol. The number of methoxy groups -OCH3 is 1. The fourth-order valence-electron chi connectivity index (χ4n) is 6.88. The maximum absolute atomic E-state index is 15.9. The molecule has 3 aromatic carbocycles. The van der Waals surface area contributed by atoms with Crippen LogP contribution in [0.3, 0.4) is 0 Å². The predicted molar refractivity (Wildman–Crippen MR) is 218 cm³/mol. The van der Waals surface area contributed by atoms with Gasteiger partial charge in [0.2, 0.25) is 11.8 Å². The molecule has 2 unspecified atom stereocenters. The minimum absolute atomic E-state index is 0.0791. The first-order valence-corrected chi connectivity index (χ1v) is 21.6. The van der Waals surface area contributed by atoms with Gasteiger partial charge in [-0.2, -0.15) is 35.1 Å². The maximum atomic E-state index is 15.9. The fourth-order valence-corrected chi connectivity index (χ4v) is 8.63. The number of sulfone groups is 1. The summed E-state index contributed by atoms with van der Waals surface area (Å²) in [6.07, 6.45) is -13.0. The number of nitrogens with zero attached hydrogens (tertiary/aromatic N) is 1. The van der Waals surface area contributed by atoms with E-state index in [1.54, 1.807) is 26.1 Å². The molecule has 1 saturated heterocycles. The molecule has 65 heavy (non-hydrogen) atoms. The van der Waals surface area contributed by atoms with Crippen LogP contribution in [-0.4, -0.2) is 91.7 Å². The van der Waals surface area contributed by atoms with Gasteiger partial charge in [-0.05, 0) is 68.0 Å². The van der Waals surface area contributed by atoms with E-state index >= 15 is 8.78 Å². The van der Waals surface area contributed by atoms with Crippen LogP contribution < -0.4 is 20.7 Å². The van der Waals surface area contributed by atoms with Crippen LogP contribution in [-0.2, 0) is 64.6 Å². The number of Topliss-reactive ketones (excluding diaryl/α,β-unsaturated/α-hetero) is 1. The summed E-state index contributed by atoms with van der Waals surface area (Å²) in [7, 11) is -3.01. The van der Waals surface area contributed by atoms with Gasteiger partial charge in [0, 0.05) is 25.1 Å². The van der Waals surface area contributed by atoms with Gasteiger partial charge in [0.05, 0.1) is 29.7 Å². The Morgan fingerprint density at radius 1 is 0.785 bits per heavy atom. The number of ketones is 1. The highest BCUT2D eigenvalue weighted by Gasteiger charge is 2.52. The van der Waals surface area contributed by atoms with Crippen molar-refractivity contribution in [3.63, 3.8) is 0 Å². The van der Waals surface area contributed by atoms with Gasteiger partial charge >= 0.3 is 24.4 Å². The van der Waals surface area contributed by atoms with Gasteiger partial charge in [-0.25, -0.2) is 13.2 Å². The van der Waals surface area contributed by atoms with Crippen molar-refractivity contribution in [3.05, 3.63) is 101 Å². The van der Waals surface area contributed by atoms with Crippen molar-refractivity contribution in [2.45, 2.75) is 107 Å². The SMILES string of the molecule is COc1ccc(CS(=O)(=O)[C@@H]2C[C@@H](C(=O)NC(C(=O)C(F)(F)F)C(C)C)N(C(=O)C(Cc3ccc(CNC(=O)OC(C)(C)C)cc3)NC(=O)C(F)(F)c3ccccc3C(F)(F)F)C2)cc1. The van der Waals surface area contributed by atoms with Crippen molar-refractivity contribution in [2.75, 3.05) is 13.7 Å². The third kappa shape index (κ3) is 13.6. The normalized spacial score (nSPS) is 16.9. The van der Waals surface area contributed by atoms with E-state index in [0.29, 0.717) is 28.3 Å². The topological polar surface area (TPSA) is 177 Å². The molecule has 0 aliphatic carbocycles. The number of carbonyl (C=O) groups is 5. The molecular weight excluding hydrogens is 901 g/mol. The lowest BCUT2D eigenvalue weighted by Crippen LogP contribution is -2.58. The van der Waals surface area contributed by atoms with Crippen molar-refractivity contribution in [1.29, 1.82) is 0 Å². The Hall–Kier alpha value is -5.80. The second-order valence-electron chi connectivity index (χ2n) is 16.6. The molecule has 0 spiro atoms. The van der Waals surface area contributed by atoms with Crippen molar-refractivity contribution in [1.82, 2.24) is 20.9 Å². The maximum Gasteiger partial charge on any atom is 0.452 e. The molecule has 0 bridgehead atoms. The standard InChI is InChI=1S/C43H48F8N4O9S/c1-24(2)34(35(56)43(49,50)51)54-36(57)33-20-29(65(61,62)23-27-15-17-28(63-6)18-16-27)22-55(33)37(58)32(19-25-11-13-26(14-12-25)21-52-39(60)64-40(3,4)5)53-38(59)41(44,45)30-9-7-8-10-31(30)42(46,47)48/h7-18,24,29,32-34H,19-23H2,1-6H3,(H,52,60)(H,53,59)(H,54,57)/t29-,32?,33+,34?/m1/s1. The molecule has 356 valence electrons. The number of rotatable bonds is 16. The summed E-state index contributed by atoms with van der Waals surface area (Å²) in [5.41, 5.74) is -3.66. The molecule has 1 aliphatic heterocycles. The zero-order valence-electron chi connectivity index (χ0n) is 35.9. The van der Waals surface area contributed by atoms with Crippen molar-refractivity contribution < 1.29 is 77.0 Å². The van der Waals surface area contributed by atoms with E-state index in [1.807, 2.05) is 5.32 Å². The van der Waals surface area contributed by atoms with Crippen LogP contribution in [0.25, 0.3) is 0 Å². The van der Waals surface area contributed by atoms with Gasteiger partial charge < -0.3 is 30.3 Å². The molecule has 0 radical (unpaired) electrons. The number of alkyl carbamates (subject to hydrolysis) is 1. The minimum Gasteiger partial charge on any atom is -0.497 e. The average Bonchev–Trinajstić information content (AvgIpc) is 3.67. The smallest absolute Gasteiger partial charge is 0.452 e. The number of nitrogens with one attached hydrogen (secondary N) is 3. The number of halogens is 8. The van der Waals surface area contributed by atoms with Crippen LogP contribution in [0.2, 0.25) is 0 Å². The third-order valence-corrected chi connectivity index (χ3v) is 12.3. The molecule has 3 N–H and O–H groups in total. The Morgan fingerprint density at radius 2 is 1.34 bits per heavy atom. The van der Waals surface area contributed by atoms with E-state index in [9.17, 15) is 58.7 Å². The number of amides is 4. The summed E-state index contributed by atoms with van der Waals surface area (Å²) < 4.78 is 152. The van der Waals surface area contributed by atoms with Crippen LogP contribution in [0.5, 0.6) is 5.75 Å². The van der Waals surface area contributed by atoms with Crippen LogP contribution in [0.1, 0.15) is 68.9 Å². The summed E-state index contributed by atoms with van der Waals surface area (Å²) >= 11 is 0. The Labute approximate surface area is 369 Å². The summed E-state index contributed by atoms with van der Waals surface area (Å²) in [5, 5.41) is 4.62. The highest BCUT2D eigenvalue weighted by atomic mass is 32.2. The molecule has 13 nitrogen and oxygen atoms in total. The van der Waals surface area contributed by atoms with E-state index in [1.165, 1.54) is 69.5 Å². The lowest BCUT2D eigenvalue weighted by molar-refractivity contribution is -0.175. The fraction of sp³-hybridized carbons (Fsp3) is 0.465. The molecule has 0 aromatic heterocycles. The van der Waals surface area contributed by atoms with E-state index in [4.69, 9.17) is 9.47 Å². The number of alkyl halides is 8. The molecule has 1 heterocycles. The zero-order chi connectivity index (χ0) is 48.9. The third-order valence-electron chi connectivity index (χ3n) is 10.2. The Morgan fingerprint density at radius 3 is 1.86 bits per heavy atom. The first-order chi connectivity index (χ1) is 29.9. The molecule has 1 fully saturated rings. The molecule has 4 amide bonds. The van der Waals surface area contributed by atoms with Gasteiger partial charge in [0.15, 0.2) is 9.84 Å². The molecule has 4 atom stereocenters. The van der Waals surface area contributed by atoms with E-state index in [-0.39, 0.29) is 17.7 Å². The van der Waals surface area contributed by atoms with Gasteiger partial charge in [-0.3, -0.25) is 19.2 Å². The Balaban J connectivity index is 1.77. The summed E-state index contributed by atoms with van der Waals surface area (Å²) in [6.45, 7) is 6.31. The lowest BCUT2D eigenvalue weighted by atomic mass is 9.98. The first kappa shape index (κ1) is 51.8. The van der Waals surface area contributed by atoms with E-state index < -0.39 is 129 Å². The highest BCUT2D eigenvalue weighted by Crippen LogP contribution is 2.40. The summed E-state index contributed by atoms with van der Waals surface area (Å²) in [6, 6.07) is 7.21. The summed E-state index contributed by atoms with van der Waals surface area (Å²) in [5.74, 6) is -14.1. The largest absolute Gasteiger partial charge is 0.497 e. The number of hydrogen-bond donors (Lipinski definition) is 3. The molecule has 3 aromatic rings.